The molecule has 0 bridgehead atoms. The summed E-state index contributed by atoms with van der Waals surface area (Å²) in [5.74, 6) is 0. The molecule has 0 unspecified atom stereocenters. The van der Waals surface area contributed by atoms with Crippen LogP contribution in [0.15, 0.2) is 30.3 Å². The minimum atomic E-state index is -0.0895. The summed E-state index contributed by atoms with van der Waals surface area (Å²) in [5, 5.41) is 1.80. The molecule has 3 heteroatoms. The molecule has 2 N–H and O–H groups in total. The minimum absolute atomic E-state index is 0.0895. The van der Waals surface area contributed by atoms with E-state index in [-0.39, 0.29) is 5.41 Å². The first-order valence-electron chi connectivity index (χ1n) is 5.30. The first kappa shape index (κ1) is 11.4. The number of hydrogen-bond acceptors (Lipinski definition) is 2. The summed E-state index contributed by atoms with van der Waals surface area (Å²) in [4.78, 5) is 4.62. The molecule has 0 aliphatic heterocycles. The molecular weight excluding hydrogens is 220 g/mol. The van der Waals surface area contributed by atoms with Gasteiger partial charge in [-0.15, -0.1) is 0 Å². The highest BCUT2D eigenvalue weighted by Gasteiger charge is 2.20. The highest BCUT2D eigenvalue weighted by atomic mass is 35.5. The largest absolute Gasteiger partial charge is 0.330 e. The molecule has 0 saturated carbocycles. The molecule has 1 aromatic carbocycles. The molecule has 0 amide bonds. The smallest absolute Gasteiger partial charge is 0.0706 e. The van der Waals surface area contributed by atoms with Crippen molar-refractivity contribution in [3.63, 3.8) is 0 Å². The third-order valence-electron chi connectivity index (χ3n) is 2.85. The second-order valence-corrected chi connectivity index (χ2v) is 5.06. The second-order valence-electron chi connectivity index (χ2n) is 4.62. The van der Waals surface area contributed by atoms with Gasteiger partial charge in [0, 0.05) is 28.1 Å². The van der Waals surface area contributed by atoms with Gasteiger partial charge in [0.15, 0.2) is 0 Å². The van der Waals surface area contributed by atoms with Crippen molar-refractivity contribution in [1.29, 1.82) is 0 Å². The van der Waals surface area contributed by atoms with Crippen molar-refractivity contribution in [2.75, 3.05) is 6.54 Å². The van der Waals surface area contributed by atoms with E-state index in [1.54, 1.807) is 0 Å². The SMILES string of the molecule is CC(C)(CN)c1ccc2cc(Cl)ccc2n1. The minimum Gasteiger partial charge on any atom is -0.330 e. The number of halogens is 1. The van der Waals surface area contributed by atoms with Gasteiger partial charge in [-0.25, -0.2) is 0 Å². The van der Waals surface area contributed by atoms with Crippen LogP contribution in [0.1, 0.15) is 19.5 Å². The maximum atomic E-state index is 5.93. The lowest BCUT2D eigenvalue weighted by molar-refractivity contribution is 0.524. The van der Waals surface area contributed by atoms with E-state index in [9.17, 15) is 0 Å². The zero-order valence-electron chi connectivity index (χ0n) is 9.50. The standard InChI is InChI=1S/C13H15ClN2/c1-13(2,8-15)12-6-3-9-7-10(14)4-5-11(9)16-12/h3-7H,8,15H2,1-2H3. The summed E-state index contributed by atoms with van der Waals surface area (Å²) in [6, 6.07) is 9.78. The first-order valence-corrected chi connectivity index (χ1v) is 5.67. The van der Waals surface area contributed by atoms with Crippen molar-refractivity contribution in [2.45, 2.75) is 19.3 Å². The fourth-order valence-corrected chi connectivity index (χ4v) is 1.76. The van der Waals surface area contributed by atoms with Gasteiger partial charge in [-0.2, -0.15) is 0 Å². The zero-order valence-corrected chi connectivity index (χ0v) is 10.3. The van der Waals surface area contributed by atoms with Crippen LogP contribution in [0.25, 0.3) is 10.9 Å². The molecule has 0 aliphatic carbocycles. The molecule has 2 rings (SSSR count). The van der Waals surface area contributed by atoms with E-state index in [2.05, 4.69) is 18.8 Å². The Bertz CT molecular complexity index is 520. The van der Waals surface area contributed by atoms with E-state index in [0.717, 1.165) is 21.6 Å². The topological polar surface area (TPSA) is 38.9 Å². The van der Waals surface area contributed by atoms with Gasteiger partial charge in [0.25, 0.3) is 0 Å². The number of aromatic nitrogens is 1. The van der Waals surface area contributed by atoms with E-state index in [1.165, 1.54) is 0 Å². The van der Waals surface area contributed by atoms with Crippen molar-refractivity contribution >= 4 is 22.5 Å². The van der Waals surface area contributed by atoms with Gasteiger partial charge in [0.1, 0.15) is 0 Å². The molecule has 16 heavy (non-hydrogen) atoms. The van der Waals surface area contributed by atoms with Crippen LogP contribution in [-0.2, 0) is 5.41 Å². The third kappa shape index (κ3) is 2.04. The predicted octanol–water partition coefficient (Wildman–Crippen LogP) is 3.12. The van der Waals surface area contributed by atoms with Crippen LogP contribution >= 0.6 is 11.6 Å². The molecule has 0 radical (unpaired) electrons. The van der Waals surface area contributed by atoms with Gasteiger partial charge >= 0.3 is 0 Å². The van der Waals surface area contributed by atoms with Crippen molar-refractivity contribution in [3.05, 3.63) is 41.0 Å². The number of nitrogens with zero attached hydrogens (tertiary/aromatic N) is 1. The summed E-state index contributed by atoms with van der Waals surface area (Å²) in [7, 11) is 0. The van der Waals surface area contributed by atoms with E-state index in [4.69, 9.17) is 17.3 Å². The quantitative estimate of drug-likeness (QED) is 0.867. The molecular formula is C13H15ClN2. The number of nitrogens with two attached hydrogens (primary N) is 1. The molecule has 0 fully saturated rings. The van der Waals surface area contributed by atoms with Crippen molar-refractivity contribution in [2.24, 2.45) is 5.73 Å². The Hall–Kier alpha value is -1.12. The maximum absolute atomic E-state index is 5.93. The van der Waals surface area contributed by atoms with Crippen LogP contribution in [0.5, 0.6) is 0 Å². The Morgan fingerprint density at radius 2 is 2.00 bits per heavy atom. The lowest BCUT2D eigenvalue weighted by atomic mass is 9.89. The fraction of sp³-hybridized carbons (Fsp3) is 0.308. The average molecular weight is 235 g/mol. The number of fused-ring (bicyclic) bond motifs is 1. The van der Waals surface area contributed by atoms with Crippen LogP contribution in [0, 0.1) is 0 Å². The van der Waals surface area contributed by atoms with E-state index in [0.29, 0.717) is 6.54 Å². The molecule has 0 saturated heterocycles. The van der Waals surface area contributed by atoms with Crippen LogP contribution < -0.4 is 5.73 Å². The van der Waals surface area contributed by atoms with Gasteiger partial charge in [0.05, 0.1) is 5.52 Å². The van der Waals surface area contributed by atoms with Gasteiger partial charge in [-0.05, 0) is 24.3 Å². The monoisotopic (exact) mass is 234 g/mol. The normalized spacial score (nSPS) is 12.0. The predicted molar refractivity (Wildman–Crippen MR) is 68.8 cm³/mol. The van der Waals surface area contributed by atoms with Crippen LogP contribution in [-0.4, -0.2) is 11.5 Å². The highest BCUT2D eigenvalue weighted by Crippen LogP contribution is 2.24. The van der Waals surface area contributed by atoms with E-state index < -0.39 is 0 Å². The molecule has 1 heterocycles. The fourth-order valence-electron chi connectivity index (χ4n) is 1.58. The molecule has 2 nitrogen and oxygen atoms in total. The van der Waals surface area contributed by atoms with Gasteiger partial charge in [-0.1, -0.05) is 31.5 Å². The molecule has 0 aliphatic rings. The van der Waals surface area contributed by atoms with Gasteiger partial charge < -0.3 is 5.73 Å². The summed E-state index contributed by atoms with van der Waals surface area (Å²) < 4.78 is 0. The van der Waals surface area contributed by atoms with Crippen LogP contribution in [0.2, 0.25) is 5.02 Å². The summed E-state index contributed by atoms with van der Waals surface area (Å²) in [6.45, 7) is 4.77. The number of benzene rings is 1. The lowest BCUT2D eigenvalue weighted by Gasteiger charge is -2.21. The summed E-state index contributed by atoms with van der Waals surface area (Å²) in [6.07, 6.45) is 0. The Labute approximate surface area is 100 Å². The average Bonchev–Trinajstić information content (AvgIpc) is 2.28. The van der Waals surface area contributed by atoms with E-state index in [1.807, 2.05) is 30.3 Å². The molecule has 84 valence electrons. The zero-order chi connectivity index (χ0) is 11.8. The first-order chi connectivity index (χ1) is 7.53. The van der Waals surface area contributed by atoms with Gasteiger partial charge in [0.2, 0.25) is 0 Å². The number of pyridine rings is 1. The lowest BCUT2D eigenvalue weighted by Crippen LogP contribution is -2.29. The molecule has 2 aromatic rings. The number of hydrogen-bond donors (Lipinski definition) is 1. The van der Waals surface area contributed by atoms with Crippen molar-refractivity contribution < 1.29 is 0 Å². The maximum Gasteiger partial charge on any atom is 0.0706 e. The Kier molecular flexibility index (Phi) is 2.87. The molecule has 0 spiro atoms. The number of rotatable bonds is 2. The third-order valence-corrected chi connectivity index (χ3v) is 3.09. The van der Waals surface area contributed by atoms with E-state index >= 15 is 0 Å². The van der Waals surface area contributed by atoms with Crippen LogP contribution in [0.4, 0.5) is 0 Å². The van der Waals surface area contributed by atoms with Crippen molar-refractivity contribution in [3.8, 4) is 0 Å². The highest BCUT2D eigenvalue weighted by molar-refractivity contribution is 6.31. The van der Waals surface area contributed by atoms with Crippen LogP contribution in [0.3, 0.4) is 0 Å². The van der Waals surface area contributed by atoms with Crippen molar-refractivity contribution in [1.82, 2.24) is 4.98 Å². The molecule has 0 atom stereocenters. The second kappa shape index (κ2) is 4.04. The summed E-state index contributed by atoms with van der Waals surface area (Å²) >= 11 is 5.93. The Morgan fingerprint density at radius 1 is 1.25 bits per heavy atom. The Morgan fingerprint density at radius 3 is 2.69 bits per heavy atom. The van der Waals surface area contributed by atoms with Gasteiger partial charge in [-0.3, -0.25) is 4.98 Å². The summed E-state index contributed by atoms with van der Waals surface area (Å²) in [5.41, 5.74) is 7.64. The Balaban J connectivity index is 2.57. The molecule has 1 aromatic heterocycles.